The van der Waals surface area contributed by atoms with Crippen molar-refractivity contribution in [2.45, 2.75) is 38.6 Å². The Hall–Kier alpha value is -1.31. The van der Waals surface area contributed by atoms with E-state index in [0.29, 0.717) is 6.04 Å². The fraction of sp³-hybridized carbons (Fsp3) is 0.533. The van der Waals surface area contributed by atoms with Crippen molar-refractivity contribution in [3.63, 3.8) is 0 Å². The summed E-state index contributed by atoms with van der Waals surface area (Å²) in [7, 11) is 1.90. The number of hydrogen-bond acceptors (Lipinski definition) is 3. The third kappa shape index (κ3) is 3.17. The molecule has 0 bridgehead atoms. The van der Waals surface area contributed by atoms with Crippen LogP contribution < -0.4 is 0 Å². The quantitative estimate of drug-likeness (QED) is 0.843. The van der Waals surface area contributed by atoms with Crippen molar-refractivity contribution in [3.05, 3.63) is 21.4 Å². The van der Waals surface area contributed by atoms with Crippen molar-refractivity contribution in [2.75, 3.05) is 13.7 Å². The average molecular weight is 277 g/mol. The average Bonchev–Trinajstić information content (AvgIpc) is 3.04. The molecule has 1 aromatic heterocycles. The zero-order chi connectivity index (χ0) is 13.8. The minimum atomic E-state index is -0.150. The van der Waals surface area contributed by atoms with Crippen LogP contribution >= 0.6 is 11.3 Å². The first kappa shape index (κ1) is 14.1. The Balaban J connectivity index is 2.14. The maximum atomic E-state index is 12.4. The van der Waals surface area contributed by atoms with Gasteiger partial charge in [0.1, 0.15) is 6.61 Å². The van der Waals surface area contributed by atoms with E-state index in [9.17, 15) is 4.79 Å². The first-order valence-corrected chi connectivity index (χ1v) is 7.42. The third-order valence-corrected chi connectivity index (χ3v) is 4.74. The first-order valence-electron chi connectivity index (χ1n) is 6.61. The molecule has 0 saturated heterocycles. The Kier molecular flexibility index (Phi) is 4.62. The smallest absolute Gasteiger partial charge is 0.263 e. The molecule has 2 rings (SSSR count). The highest BCUT2D eigenvalue weighted by molar-refractivity contribution is 7.14. The molecule has 0 spiro atoms. The number of amides is 1. The molecule has 0 unspecified atom stereocenters. The van der Waals surface area contributed by atoms with Gasteiger partial charge in [-0.3, -0.25) is 4.79 Å². The number of aryl methyl sites for hydroxylation is 1. The minimum absolute atomic E-state index is 0.0945. The van der Waals surface area contributed by atoms with Crippen LogP contribution in [0.1, 0.15) is 45.8 Å². The van der Waals surface area contributed by atoms with E-state index in [4.69, 9.17) is 5.11 Å². The second kappa shape index (κ2) is 6.23. The number of nitrogens with zero attached hydrogens (tertiary/aromatic N) is 1. The monoisotopic (exact) mass is 277 g/mol. The molecule has 3 nitrogen and oxygen atoms in total. The van der Waals surface area contributed by atoms with E-state index in [-0.39, 0.29) is 12.5 Å². The van der Waals surface area contributed by atoms with Gasteiger partial charge in [0.15, 0.2) is 0 Å². The van der Waals surface area contributed by atoms with E-state index in [1.165, 1.54) is 24.2 Å². The van der Waals surface area contributed by atoms with Crippen molar-refractivity contribution in [2.24, 2.45) is 0 Å². The van der Waals surface area contributed by atoms with Crippen molar-refractivity contribution in [3.8, 4) is 11.8 Å². The number of carbonyl (C=O) groups is 1. The molecule has 102 valence electrons. The van der Waals surface area contributed by atoms with Gasteiger partial charge in [-0.2, -0.15) is 0 Å². The number of carbonyl (C=O) groups excluding carboxylic acids is 1. The summed E-state index contributed by atoms with van der Waals surface area (Å²) in [5, 5.41) is 8.72. The Morgan fingerprint density at radius 1 is 1.53 bits per heavy atom. The van der Waals surface area contributed by atoms with Crippen LogP contribution in [0.25, 0.3) is 0 Å². The lowest BCUT2D eigenvalue weighted by Gasteiger charge is -2.23. The molecule has 1 aliphatic carbocycles. The summed E-state index contributed by atoms with van der Waals surface area (Å²) in [5.41, 5.74) is 1.01. The summed E-state index contributed by atoms with van der Waals surface area (Å²) in [6, 6.07) is 2.29. The van der Waals surface area contributed by atoms with Crippen LogP contribution in [0.3, 0.4) is 0 Å². The van der Waals surface area contributed by atoms with E-state index in [2.05, 4.69) is 11.8 Å². The number of aliphatic hydroxyl groups is 1. The number of thiophene rings is 1. The molecule has 1 fully saturated rings. The van der Waals surface area contributed by atoms with E-state index < -0.39 is 0 Å². The Morgan fingerprint density at radius 3 is 2.84 bits per heavy atom. The zero-order valence-corrected chi connectivity index (χ0v) is 12.2. The second-order valence-electron chi connectivity index (χ2n) is 4.94. The summed E-state index contributed by atoms with van der Waals surface area (Å²) in [4.78, 5) is 15.9. The van der Waals surface area contributed by atoms with Crippen molar-refractivity contribution in [1.29, 1.82) is 0 Å². The summed E-state index contributed by atoms with van der Waals surface area (Å²) < 4.78 is 0. The van der Waals surface area contributed by atoms with Crippen LogP contribution in [0.2, 0.25) is 0 Å². The van der Waals surface area contributed by atoms with Crippen LogP contribution in [0.15, 0.2) is 6.07 Å². The first-order chi connectivity index (χ1) is 9.13. The molecule has 1 heterocycles. The molecule has 19 heavy (non-hydrogen) atoms. The Labute approximate surface area is 118 Å². The van der Waals surface area contributed by atoms with Gasteiger partial charge in [-0.1, -0.05) is 24.7 Å². The van der Waals surface area contributed by atoms with Gasteiger partial charge in [0, 0.05) is 13.1 Å². The largest absolute Gasteiger partial charge is 0.384 e. The molecular formula is C15H19NO2S. The van der Waals surface area contributed by atoms with Gasteiger partial charge in [0.2, 0.25) is 0 Å². The second-order valence-corrected chi connectivity index (χ2v) is 5.99. The normalized spacial score (nSPS) is 15.1. The van der Waals surface area contributed by atoms with Crippen LogP contribution in [-0.2, 0) is 0 Å². The predicted molar refractivity (Wildman–Crippen MR) is 77.4 cm³/mol. The van der Waals surface area contributed by atoms with Crippen LogP contribution in [-0.4, -0.2) is 35.6 Å². The topological polar surface area (TPSA) is 40.5 Å². The van der Waals surface area contributed by atoms with Crippen molar-refractivity contribution in [1.82, 2.24) is 4.90 Å². The van der Waals surface area contributed by atoms with Gasteiger partial charge >= 0.3 is 0 Å². The Bertz CT molecular complexity index is 518. The number of hydrogen-bond donors (Lipinski definition) is 1. The lowest BCUT2D eigenvalue weighted by molar-refractivity contribution is 0.0740. The highest BCUT2D eigenvalue weighted by Crippen LogP contribution is 2.27. The summed E-state index contributed by atoms with van der Waals surface area (Å²) in [5.74, 6) is 5.62. The molecule has 1 N–H and O–H groups in total. The van der Waals surface area contributed by atoms with Crippen molar-refractivity contribution < 1.29 is 9.90 Å². The number of aliphatic hydroxyl groups excluding tert-OH is 1. The molecule has 1 aliphatic rings. The third-order valence-electron chi connectivity index (χ3n) is 3.60. The van der Waals surface area contributed by atoms with Crippen LogP contribution in [0.5, 0.6) is 0 Å². The molecule has 1 amide bonds. The zero-order valence-electron chi connectivity index (χ0n) is 11.4. The van der Waals surface area contributed by atoms with Crippen LogP contribution in [0, 0.1) is 18.8 Å². The van der Waals surface area contributed by atoms with Gasteiger partial charge < -0.3 is 10.0 Å². The van der Waals surface area contributed by atoms with Gasteiger partial charge in [-0.25, -0.2) is 0 Å². The number of rotatable bonds is 2. The minimum Gasteiger partial charge on any atom is -0.384 e. The highest BCUT2D eigenvalue weighted by Gasteiger charge is 2.25. The van der Waals surface area contributed by atoms with Gasteiger partial charge in [0.05, 0.1) is 9.75 Å². The standard InChI is InChI=1S/C15H19NO2S/c1-11-10-14(19-13(11)8-5-9-17)15(18)16(2)12-6-3-4-7-12/h10,12,17H,3-4,6-7,9H2,1-2H3. The van der Waals surface area contributed by atoms with Gasteiger partial charge in [0.25, 0.3) is 5.91 Å². The van der Waals surface area contributed by atoms with Crippen LogP contribution in [0.4, 0.5) is 0 Å². The van der Waals surface area contributed by atoms with Gasteiger partial charge in [-0.15, -0.1) is 11.3 Å². The van der Waals surface area contributed by atoms with E-state index in [1.54, 1.807) is 0 Å². The summed E-state index contributed by atoms with van der Waals surface area (Å²) >= 11 is 1.42. The summed E-state index contributed by atoms with van der Waals surface area (Å²) in [6.45, 7) is 1.80. The fourth-order valence-corrected chi connectivity index (χ4v) is 3.49. The SMILES string of the molecule is Cc1cc(C(=O)N(C)C2CCCC2)sc1C#CCO. The maximum Gasteiger partial charge on any atom is 0.263 e. The van der Waals surface area contributed by atoms with Gasteiger partial charge in [-0.05, 0) is 31.4 Å². The van der Waals surface area contributed by atoms with E-state index in [0.717, 1.165) is 28.2 Å². The van der Waals surface area contributed by atoms with E-state index in [1.807, 2.05) is 24.9 Å². The molecular weight excluding hydrogens is 258 g/mol. The molecule has 0 radical (unpaired) electrons. The molecule has 1 aromatic rings. The molecule has 1 saturated carbocycles. The molecule has 0 aliphatic heterocycles. The van der Waals surface area contributed by atoms with E-state index >= 15 is 0 Å². The predicted octanol–water partition coefficient (Wildman–Crippen LogP) is 2.41. The maximum absolute atomic E-state index is 12.4. The molecule has 4 heteroatoms. The fourth-order valence-electron chi connectivity index (χ4n) is 2.46. The molecule has 0 atom stereocenters. The lowest BCUT2D eigenvalue weighted by Crippen LogP contribution is -2.34. The molecule has 0 aromatic carbocycles. The lowest BCUT2D eigenvalue weighted by atomic mass is 10.2. The van der Waals surface area contributed by atoms with Crippen molar-refractivity contribution >= 4 is 17.2 Å². The highest BCUT2D eigenvalue weighted by atomic mass is 32.1. The Morgan fingerprint density at radius 2 is 2.21 bits per heavy atom. The summed E-state index contributed by atoms with van der Waals surface area (Å²) in [6.07, 6.45) is 4.67.